The first-order chi connectivity index (χ1) is 15.6. The Morgan fingerprint density at radius 2 is 1.88 bits per heavy atom. The maximum atomic E-state index is 12.8. The highest BCUT2D eigenvalue weighted by Gasteiger charge is 2.31. The molecule has 1 unspecified atom stereocenters. The molecule has 33 heavy (non-hydrogen) atoms. The molecule has 0 spiro atoms. The zero-order chi connectivity index (χ0) is 23.8. The van der Waals surface area contributed by atoms with Crippen LogP contribution in [0.4, 0.5) is 11.4 Å². The van der Waals surface area contributed by atoms with Crippen molar-refractivity contribution in [1.29, 1.82) is 0 Å². The maximum absolute atomic E-state index is 12.8. The molecule has 1 aliphatic rings. The van der Waals surface area contributed by atoms with Crippen LogP contribution in [0.15, 0.2) is 70.0 Å². The number of amides is 1. The number of nitrogens with zero attached hydrogens (tertiary/aromatic N) is 1. The highest BCUT2D eigenvalue weighted by Crippen LogP contribution is 2.34. The number of hydrogen-bond acceptors (Lipinski definition) is 4. The van der Waals surface area contributed by atoms with Crippen LogP contribution in [0, 0.1) is 6.92 Å². The van der Waals surface area contributed by atoms with Crippen LogP contribution < -0.4 is 14.4 Å². The van der Waals surface area contributed by atoms with Gasteiger partial charge in [-0.15, -0.1) is 0 Å². The molecule has 0 fully saturated rings. The van der Waals surface area contributed by atoms with Crippen molar-refractivity contribution < 1.29 is 17.9 Å². The first kappa shape index (κ1) is 23.6. The van der Waals surface area contributed by atoms with E-state index in [2.05, 4.69) is 20.7 Å². The third kappa shape index (κ3) is 5.18. The summed E-state index contributed by atoms with van der Waals surface area (Å²) >= 11 is 9.54. The summed E-state index contributed by atoms with van der Waals surface area (Å²) in [5.74, 6) is 0.252. The summed E-state index contributed by atoms with van der Waals surface area (Å²) in [6.07, 6.45) is 0.784. The molecule has 0 bridgehead atoms. The fraction of sp³-hybridized carbons (Fsp3) is 0.208. The van der Waals surface area contributed by atoms with E-state index in [0.29, 0.717) is 16.5 Å². The Morgan fingerprint density at radius 3 is 2.58 bits per heavy atom. The van der Waals surface area contributed by atoms with Gasteiger partial charge in [0.05, 0.1) is 10.6 Å². The number of ether oxygens (including phenoxy) is 1. The Bertz CT molecular complexity index is 1310. The number of fused-ring (bicyclic) bond motifs is 1. The Kier molecular flexibility index (Phi) is 6.70. The Morgan fingerprint density at radius 1 is 1.15 bits per heavy atom. The van der Waals surface area contributed by atoms with Gasteiger partial charge < -0.3 is 9.64 Å². The average Bonchev–Trinajstić information content (AvgIpc) is 3.09. The van der Waals surface area contributed by atoms with Crippen molar-refractivity contribution in [2.75, 3.05) is 16.2 Å². The third-order valence-corrected chi connectivity index (χ3v) is 7.74. The third-order valence-electron chi connectivity index (χ3n) is 5.45. The van der Waals surface area contributed by atoms with Gasteiger partial charge in [0.25, 0.3) is 15.9 Å². The van der Waals surface area contributed by atoms with Crippen molar-refractivity contribution in [1.82, 2.24) is 0 Å². The van der Waals surface area contributed by atoms with Gasteiger partial charge in [-0.1, -0.05) is 33.6 Å². The Hall–Kier alpha value is -2.55. The molecule has 172 valence electrons. The monoisotopic (exact) mass is 548 g/mol. The second-order valence-corrected chi connectivity index (χ2v) is 10.9. The van der Waals surface area contributed by atoms with Gasteiger partial charge in [0, 0.05) is 21.2 Å². The SMILES string of the molecule is Cc1ccc(NS(=O)(=O)c2ccc(OCC(=O)N3c4ccc(Br)cc4CC3C)cc2)cc1Cl. The van der Waals surface area contributed by atoms with Gasteiger partial charge in [-0.2, -0.15) is 0 Å². The van der Waals surface area contributed by atoms with E-state index in [4.69, 9.17) is 16.3 Å². The topological polar surface area (TPSA) is 75.7 Å². The number of aryl methyl sites for hydroxylation is 1. The van der Waals surface area contributed by atoms with Crippen molar-refractivity contribution in [3.63, 3.8) is 0 Å². The van der Waals surface area contributed by atoms with Gasteiger partial charge in [0.1, 0.15) is 5.75 Å². The van der Waals surface area contributed by atoms with E-state index in [9.17, 15) is 13.2 Å². The Labute approximate surface area is 206 Å². The second-order valence-electron chi connectivity index (χ2n) is 7.92. The summed E-state index contributed by atoms with van der Waals surface area (Å²) in [4.78, 5) is 14.7. The number of rotatable bonds is 6. The van der Waals surface area contributed by atoms with E-state index in [-0.39, 0.29) is 23.5 Å². The smallest absolute Gasteiger partial charge is 0.265 e. The van der Waals surface area contributed by atoms with Crippen LogP contribution in [0.25, 0.3) is 0 Å². The van der Waals surface area contributed by atoms with Crippen LogP contribution in [-0.2, 0) is 21.2 Å². The summed E-state index contributed by atoms with van der Waals surface area (Å²) in [5, 5.41) is 0.478. The molecule has 0 saturated heterocycles. The molecule has 1 amide bonds. The van der Waals surface area contributed by atoms with E-state index < -0.39 is 10.0 Å². The maximum Gasteiger partial charge on any atom is 0.265 e. The molecule has 6 nitrogen and oxygen atoms in total. The van der Waals surface area contributed by atoms with E-state index in [1.807, 2.05) is 32.0 Å². The molecule has 1 N–H and O–H groups in total. The summed E-state index contributed by atoms with van der Waals surface area (Å²) in [6.45, 7) is 3.69. The number of carbonyl (C=O) groups is 1. The first-order valence-corrected chi connectivity index (χ1v) is 12.9. The van der Waals surface area contributed by atoms with E-state index in [1.165, 1.54) is 24.3 Å². The zero-order valence-corrected chi connectivity index (χ0v) is 21.2. The van der Waals surface area contributed by atoms with Crippen molar-refractivity contribution in [3.8, 4) is 5.75 Å². The van der Waals surface area contributed by atoms with Crippen molar-refractivity contribution in [2.24, 2.45) is 0 Å². The largest absolute Gasteiger partial charge is 0.484 e. The van der Waals surface area contributed by atoms with Crippen molar-refractivity contribution in [3.05, 3.63) is 81.3 Å². The molecule has 3 aromatic carbocycles. The van der Waals surface area contributed by atoms with Gasteiger partial charge in [-0.3, -0.25) is 9.52 Å². The summed E-state index contributed by atoms with van der Waals surface area (Å²) in [7, 11) is -3.79. The van der Waals surface area contributed by atoms with E-state index in [0.717, 1.165) is 27.7 Å². The molecule has 1 aliphatic heterocycles. The first-order valence-electron chi connectivity index (χ1n) is 10.3. The van der Waals surface area contributed by atoms with E-state index >= 15 is 0 Å². The van der Waals surface area contributed by atoms with Crippen LogP contribution in [0.3, 0.4) is 0 Å². The minimum atomic E-state index is -3.79. The lowest BCUT2D eigenvalue weighted by Gasteiger charge is -2.22. The lowest BCUT2D eigenvalue weighted by molar-refractivity contribution is -0.120. The highest BCUT2D eigenvalue weighted by atomic mass is 79.9. The minimum Gasteiger partial charge on any atom is -0.484 e. The molecule has 0 radical (unpaired) electrons. The fourth-order valence-corrected chi connectivity index (χ4v) is 5.42. The zero-order valence-electron chi connectivity index (χ0n) is 18.0. The summed E-state index contributed by atoms with van der Waals surface area (Å²) < 4.78 is 34.5. The number of benzene rings is 3. The lowest BCUT2D eigenvalue weighted by Crippen LogP contribution is -2.39. The number of sulfonamides is 1. The molecular formula is C24H22BrClN2O4S. The quantitative estimate of drug-likeness (QED) is 0.436. The van der Waals surface area contributed by atoms with Crippen molar-refractivity contribution in [2.45, 2.75) is 31.2 Å². The molecular weight excluding hydrogens is 528 g/mol. The summed E-state index contributed by atoms with van der Waals surface area (Å²) in [5.41, 5.74) is 3.24. The molecule has 0 saturated carbocycles. The van der Waals surface area contributed by atoms with Gasteiger partial charge in [-0.05, 0) is 86.0 Å². The van der Waals surface area contributed by atoms with E-state index in [1.54, 1.807) is 23.1 Å². The predicted octanol–water partition coefficient (Wildman–Crippen LogP) is 5.57. The second kappa shape index (κ2) is 9.37. The fourth-order valence-electron chi connectivity index (χ4n) is 3.78. The van der Waals surface area contributed by atoms with Crippen LogP contribution >= 0.6 is 27.5 Å². The van der Waals surface area contributed by atoms with Gasteiger partial charge in [0.2, 0.25) is 0 Å². The minimum absolute atomic E-state index is 0.0410. The predicted molar refractivity (Wildman–Crippen MR) is 134 cm³/mol. The number of nitrogens with one attached hydrogen (secondary N) is 1. The standard InChI is InChI=1S/C24H22BrClN2O4S/c1-15-3-5-19(13-22(15)26)27-33(30,31)21-8-6-20(7-9-21)32-14-24(29)28-16(2)11-17-12-18(25)4-10-23(17)28/h3-10,12-13,16,27H,11,14H2,1-2H3. The van der Waals surface area contributed by atoms with Crippen LogP contribution in [0.2, 0.25) is 5.02 Å². The average molecular weight is 550 g/mol. The molecule has 0 aliphatic carbocycles. The van der Waals surface area contributed by atoms with Gasteiger partial charge in [0.15, 0.2) is 6.61 Å². The van der Waals surface area contributed by atoms with Gasteiger partial charge in [-0.25, -0.2) is 8.42 Å². The summed E-state index contributed by atoms with van der Waals surface area (Å²) in [6, 6.07) is 16.8. The van der Waals surface area contributed by atoms with Crippen LogP contribution in [0.1, 0.15) is 18.1 Å². The molecule has 1 heterocycles. The van der Waals surface area contributed by atoms with Crippen LogP contribution in [-0.4, -0.2) is 27.0 Å². The van der Waals surface area contributed by atoms with Crippen molar-refractivity contribution >= 4 is 54.8 Å². The lowest BCUT2D eigenvalue weighted by atomic mass is 10.1. The number of hydrogen-bond donors (Lipinski definition) is 1. The molecule has 9 heteroatoms. The Balaban J connectivity index is 1.41. The molecule has 1 atom stereocenters. The normalized spacial score (nSPS) is 15.3. The number of halogens is 2. The molecule has 3 aromatic rings. The highest BCUT2D eigenvalue weighted by molar-refractivity contribution is 9.10. The number of carbonyl (C=O) groups excluding carboxylic acids is 1. The molecule has 4 rings (SSSR count). The van der Waals surface area contributed by atoms with Crippen LogP contribution in [0.5, 0.6) is 5.75 Å². The number of anilines is 2. The van der Waals surface area contributed by atoms with Gasteiger partial charge >= 0.3 is 0 Å². The molecule has 0 aromatic heterocycles.